The van der Waals surface area contributed by atoms with E-state index in [-0.39, 0.29) is 17.3 Å². The van der Waals surface area contributed by atoms with E-state index < -0.39 is 0 Å². The molecule has 0 amide bonds. The molecule has 1 unspecified atom stereocenters. The van der Waals surface area contributed by atoms with E-state index in [1.165, 1.54) is 12.1 Å². The van der Waals surface area contributed by atoms with Crippen LogP contribution in [-0.4, -0.2) is 6.04 Å². The summed E-state index contributed by atoms with van der Waals surface area (Å²) in [6.07, 6.45) is 3.68. The van der Waals surface area contributed by atoms with Gasteiger partial charge in [0.05, 0.1) is 0 Å². The number of benzene rings is 1. The van der Waals surface area contributed by atoms with Crippen molar-refractivity contribution in [2.75, 3.05) is 0 Å². The molecule has 2 N–H and O–H groups in total. The van der Waals surface area contributed by atoms with Crippen LogP contribution in [0, 0.1) is 5.82 Å². The normalized spacial score (nSPS) is 13.5. The van der Waals surface area contributed by atoms with Gasteiger partial charge in [0.1, 0.15) is 5.82 Å². The Kier molecular flexibility index (Phi) is 4.25. The number of hydrogen-bond donors (Lipinski definition) is 1. The highest BCUT2D eigenvalue weighted by molar-refractivity contribution is 5.26. The molecule has 1 aromatic carbocycles. The quantitative estimate of drug-likeness (QED) is 0.758. The van der Waals surface area contributed by atoms with Gasteiger partial charge in [-0.15, -0.1) is 6.58 Å². The SMILES string of the molecule is C=CCCC(N)C(C)(C)c1ccc(F)cc1. The first kappa shape index (κ1) is 12.9. The van der Waals surface area contributed by atoms with Gasteiger partial charge in [-0.1, -0.05) is 32.1 Å². The molecule has 1 aromatic rings. The lowest BCUT2D eigenvalue weighted by Crippen LogP contribution is -2.40. The second kappa shape index (κ2) is 5.26. The van der Waals surface area contributed by atoms with Crippen molar-refractivity contribution in [2.45, 2.75) is 38.1 Å². The average molecular weight is 221 g/mol. The van der Waals surface area contributed by atoms with Crippen LogP contribution in [0.2, 0.25) is 0 Å². The average Bonchev–Trinajstić information content (AvgIpc) is 2.26. The highest BCUT2D eigenvalue weighted by atomic mass is 19.1. The first-order valence-electron chi connectivity index (χ1n) is 5.61. The molecular formula is C14H20FN. The Morgan fingerprint density at radius 3 is 2.44 bits per heavy atom. The summed E-state index contributed by atoms with van der Waals surface area (Å²) in [7, 11) is 0. The molecule has 0 radical (unpaired) electrons. The molecule has 0 aliphatic heterocycles. The molecule has 1 atom stereocenters. The van der Waals surface area contributed by atoms with Crippen LogP contribution in [0.1, 0.15) is 32.3 Å². The van der Waals surface area contributed by atoms with Crippen molar-refractivity contribution in [3.8, 4) is 0 Å². The topological polar surface area (TPSA) is 26.0 Å². The molecule has 0 saturated carbocycles. The Morgan fingerprint density at radius 2 is 1.94 bits per heavy atom. The van der Waals surface area contributed by atoms with Crippen LogP contribution in [0.5, 0.6) is 0 Å². The maximum absolute atomic E-state index is 12.8. The summed E-state index contributed by atoms with van der Waals surface area (Å²) < 4.78 is 12.8. The van der Waals surface area contributed by atoms with E-state index in [2.05, 4.69) is 20.4 Å². The standard InChI is InChI=1S/C14H20FN/c1-4-5-6-13(16)14(2,3)11-7-9-12(15)10-8-11/h4,7-10,13H,1,5-6,16H2,2-3H3. The minimum atomic E-state index is -0.209. The van der Waals surface area contributed by atoms with Gasteiger partial charge in [-0.2, -0.15) is 0 Å². The zero-order valence-electron chi connectivity index (χ0n) is 10.0. The van der Waals surface area contributed by atoms with Gasteiger partial charge in [-0.3, -0.25) is 0 Å². The van der Waals surface area contributed by atoms with Crippen molar-refractivity contribution in [1.82, 2.24) is 0 Å². The predicted octanol–water partition coefficient (Wildman–Crippen LogP) is 3.40. The van der Waals surface area contributed by atoms with Crippen LogP contribution in [-0.2, 0) is 5.41 Å². The molecule has 16 heavy (non-hydrogen) atoms. The van der Waals surface area contributed by atoms with Crippen molar-refractivity contribution >= 4 is 0 Å². The molecule has 0 fully saturated rings. The van der Waals surface area contributed by atoms with E-state index in [1.54, 1.807) is 0 Å². The molecule has 88 valence electrons. The van der Waals surface area contributed by atoms with E-state index in [4.69, 9.17) is 5.73 Å². The molecule has 1 nitrogen and oxygen atoms in total. The molecule has 0 spiro atoms. The first-order valence-corrected chi connectivity index (χ1v) is 5.61. The monoisotopic (exact) mass is 221 g/mol. The van der Waals surface area contributed by atoms with Crippen molar-refractivity contribution in [3.63, 3.8) is 0 Å². The van der Waals surface area contributed by atoms with Gasteiger partial charge in [0.15, 0.2) is 0 Å². The van der Waals surface area contributed by atoms with Gasteiger partial charge < -0.3 is 5.73 Å². The third-order valence-electron chi connectivity index (χ3n) is 3.20. The van der Waals surface area contributed by atoms with E-state index in [0.29, 0.717) is 0 Å². The third-order valence-corrected chi connectivity index (χ3v) is 3.20. The molecule has 0 bridgehead atoms. The third kappa shape index (κ3) is 2.92. The largest absolute Gasteiger partial charge is 0.327 e. The van der Waals surface area contributed by atoms with Crippen LogP contribution in [0.25, 0.3) is 0 Å². The molecule has 0 aliphatic rings. The predicted molar refractivity (Wildman–Crippen MR) is 66.8 cm³/mol. The summed E-state index contributed by atoms with van der Waals surface area (Å²) >= 11 is 0. The van der Waals surface area contributed by atoms with Crippen LogP contribution in [0.4, 0.5) is 4.39 Å². The van der Waals surface area contributed by atoms with Crippen molar-refractivity contribution in [3.05, 3.63) is 48.3 Å². The summed E-state index contributed by atoms with van der Waals surface area (Å²) in [5, 5.41) is 0. The maximum Gasteiger partial charge on any atom is 0.123 e. The smallest absolute Gasteiger partial charge is 0.123 e. The van der Waals surface area contributed by atoms with Gasteiger partial charge in [0.25, 0.3) is 0 Å². The van der Waals surface area contributed by atoms with Gasteiger partial charge in [-0.05, 0) is 30.5 Å². The number of rotatable bonds is 5. The van der Waals surface area contributed by atoms with E-state index in [1.807, 2.05) is 18.2 Å². The van der Waals surface area contributed by atoms with E-state index >= 15 is 0 Å². The first-order chi connectivity index (χ1) is 7.48. The van der Waals surface area contributed by atoms with Gasteiger partial charge in [-0.25, -0.2) is 4.39 Å². The number of allylic oxidation sites excluding steroid dienone is 1. The zero-order valence-corrected chi connectivity index (χ0v) is 10.0. The van der Waals surface area contributed by atoms with Gasteiger partial charge >= 0.3 is 0 Å². The van der Waals surface area contributed by atoms with Gasteiger partial charge in [0.2, 0.25) is 0 Å². The van der Waals surface area contributed by atoms with Crippen LogP contribution in [0.3, 0.4) is 0 Å². The minimum Gasteiger partial charge on any atom is -0.327 e. The van der Waals surface area contributed by atoms with Crippen LogP contribution < -0.4 is 5.73 Å². The molecule has 0 aromatic heterocycles. The Balaban J connectivity index is 2.83. The molecule has 2 heteroatoms. The van der Waals surface area contributed by atoms with Gasteiger partial charge in [0, 0.05) is 11.5 Å². The van der Waals surface area contributed by atoms with E-state index in [9.17, 15) is 4.39 Å². The summed E-state index contributed by atoms with van der Waals surface area (Å²) in [5.41, 5.74) is 7.10. The molecule has 1 rings (SSSR count). The summed E-state index contributed by atoms with van der Waals surface area (Å²) in [4.78, 5) is 0. The fourth-order valence-corrected chi connectivity index (χ4v) is 1.75. The fraction of sp³-hybridized carbons (Fsp3) is 0.429. The Labute approximate surface area is 97.2 Å². The van der Waals surface area contributed by atoms with Crippen LogP contribution >= 0.6 is 0 Å². The zero-order chi connectivity index (χ0) is 12.2. The minimum absolute atomic E-state index is 0.0518. The summed E-state index contributed by atoms with van der Waals surface area (Å²) in [5.74, 6) is -0.209. The molecule has 0 saturated heterocycles. The van der Waals surface area contributed by atoms with Crippen LogP contribution in [0.15, 0.2) is 36.9 Å². The maximum atomic E-state index is 12.8. The fourth-order valence-electron chi connectivity index (χ4n) is 1.75. The second-order valence-electron chi connectivity index (χ2n) is 4.70. The number of halogens is 1. The van der Waals surface area contributed by atoms with E-state index in [0.717, 1.165) is 18.4 Å². The molecule has 0 heterocycles. The highest BCUT2D eigenvalue weighted by Gasteiger charge is 2.27. The summed E-state index contributed by atoms with van der Waals surface area (Å²) in [6.45, 7) is 7.88. The number of nitrogens with two attached hydrogens (primary N) is 1. The Bertz CT molecular complexity index is 340. The summed E-state index contributed by atoms with van der Waals surface area (Å²) in [6, 6.07) is 6.64. The number of hydrogen-bond acceptors (Lipinski definition) is 1. The Hall–Kier alpha value is -1.15. The van der Waals surface area contributed by atoms with Crippen molar-refractivity contribution in [1.29, 1.82) is 0 Å². The second-order valence-corrected chi connectivity index (χ2v) is 4.70. The Morgan fingerprint density at radius 1 is 1.38 bits per heavy atom. The lowest BCUT2D eigenvalue weighted by atomic mass is 9.76. The van der Waals surface area contributed by atoms with Crippen molar-refractivity contribution in [2.24, 2.45) is 5.73 Å². The highest BCUT2D eigenvalue weighted by Crippen LogP contribution is 2.28. The molecular weight excluding hydrogens is 201 g/mol. The van der Waals surface area contributed by atoms with Crippen molar-refractivity contribution < 1.29 is 4.39 Å². The molecule has 0 aliphatic carbocycles. The lowest BCUT2D eigenvalue weighted by molar-refractivity contribution is 0.390. The lowest BCUT2D eigenvalue weighted by Gasteiger charge is -2.32.